The Kier molecular flexibility index (Phi) is 3.34. The number of pyridine rings is 1. The van der Waals surface area contributed by atoms with Crippen LogP contribution in [-0.2, 0) is 0 Å². The van der Waals surface area contributed by atoms with Gasteiger partial charge in [0.15, 0.2) is 0 Å². The number of likely N-dealkylation sites (N-methyl/N-ethyl adjacent to an activating group) is 1. The molecule has 0 radical (unpaired) electrons. The van der Waals surface area contributed by atoms with E-state index < -0.39 is 0 Å². The minimum absolute atomic E-state index is 0.399. The van der Waals surface area contributed by atoms with Gasteiger partial charge in [-0.3, -0.25) is 9.88 Å². The molecule has 2 rings (SSSR count). The normalized spacial score (nSPS) is 23.3. The van der Waals surface area contributed by atoms with Crippen LogP contribution < -0.4 is 5.32 Å². The van der Waals surface area contributed by atoms with Gasteiger partial charge in [0.25, 0.3) is 0 Å². The van der Waals surface area contributed by atoms with E-state index in [1.807, 2.05) is 12.3 Å². The summed E-state index contributed by atoms with van der Waals surface area (Å²) in [5, 5.41) is 3.40. The minimum Gasteiger partial charge on any atom is -0.315 e. The summed E-state index contributed by atoms with van der Waals surface area (Å²) < 4.78 is 0. The molecular weight excluding hydrogens is 186 g/mol. The molecular formula is C12H19N3. The van der Waals surface area contributed by atoms with Gasteiger partial charge in [0.2, 0.25) is 0 Å². The van der Waals surface area contributed by atoms with Gasteiger partial charge in [-0.2, -0.15) is 0 Å². The second-order valence-electron chi connectivity index (χ2n) is 4.24. The van der Waals surface area contributed by atoms with Crippen molar-refractivity contribution in [3.8, 4) is 0 Å². The Labute approximate surface area is 91.5 Å². The van der Waals surface area contributed by atoms with E-state index in [4.69, 9.17) is 0 Å². The lowest BCUT2D eigenvalue weighted by molar-refractivity contribution is 0.193. The van der Waals surface area contributed by atoms with Gasteiger partial charge in [-0.05, 0) is 39.1 Å². The van der Waals surface area contributed by atoms with Gasteiger partial charge in [0, 0.05) is 24.8 Å². The van der Waals surface area contributed by atoms with Crippen molar-refractivity contribution >= 4 is 0 Å². The predicted molar refractivity (Wildman–Crippen MR) is 61.7 cm³/mol. The number of hydrogen-bond donors (Lipinski definition) is 1. The first-order valence-corrected chi connectivity index (χ1v) is 5.62. The molecule has 1 aromatic heterocycles. The Morgan fingerprint density at radius 2 is 2.40 bits per heavy atom. The van der Waals surface area contributed by atoms with Crippen LogP contribution >= 0.6 is 0 Å². The summed E-state index contributed by atoms with van der Waals surface area (Å²) in [6.07, 6.45) is 3.11. The minimum atomic E-state index is 0.399. The first-order valence-electron chi connectivity index (χ1n) is 5.62. The van der Waals surface area contributed by atoms with Crippen molar-refractivity contribution in [2.45, 2.75) is 25.4 Å². The quantitative estimate of drug-likeness (QED) is 0.809. The summed E-state index contributed by atoms with van der Waals surface area (Å²) in [5.41, 5.74) is 1.16. The zero-order chi connectivity index (χ0) is 10.7. The molecule has 2 heterocycles. The fourth-order valence-corrected chi connectivity index (χ4v) is 2.13. The SMILES string of the molecule is CC(c1ccccn1)N(C)C1CCNC1. The van der Waals surface area contributed by atoms with Crippen molar-refractivity contribution in [1.29, 1.82) is 0 Å². The lowest BCUT2D eigenvalue weighted by Crippen LogP contribution is -2.35. The van der Waals surface area contributed by atoms with Crippen LogP contribution in [0.4, 0.5) is 0 Å². The molecule has 1 N–H and O–H groups in total. The smallest absolute Gasteiger partial charge is 0.0572 e. The molecule has 3 nitrogen and oxygen atoms in total. The van der Waals surface area contributed by atoms with Gasteiger partial charge in [0.05, 0.1) is 5.69 Å². The molecule has 1 fully saturated rings. The van der Waals surface area contributed by atoms with E-state index in [9.17, 15) is 0 Å². The molecule has 1 aliphatic rings. The summed E-state index contributed by atoms with van der Waals surface area (Å²) in [4.78, 5) is 6.83. The largest absolute Gasteiger partial charge is 0.315 e. The van der Waals surface area contributed by atoms with Crippen LogP contribution in [0.5, 0.6) is 0 Å². The fourth-order valence-electron chi connectivity index (χ4n) is 2.13. The second kappa shape index (κ2) is 4.73. The standard InChI is InChI=1S/C12H19N3/c1-10(12-5-3-4-7-14-12)15(2)11-6-8-13-9-11/h3-5,7,10-11,13H,6,8-9H2,1-2H3. The Hall–Kier alpha value is -0.930. The van der Waals surface area contributed by atoms with Crippen molar-refractivity contribution in [3.05, 3.63) is 30.1 Å². The van der Waals surface area contributed by atoms with Crippen LogP contribution in [0.3, 0.4) is 0 Å². The van der Waals surface area contributed by atoms with Gasteiger partial charge in [-0.25, -0.2) is 0 Å². The van der Waals surface area contributed by atoms with E-state index in [2.05, 4.69) is 41.3 Å². The van der Waals surface area contributed by atoms with Crippen molar-refractivity contribution < 1.29 is 0 Å². The van der Waals surface area contributed by atoms with E-state index >= 15 is 0 Å². The Morgan fingerprint density at radius 1 is 1.53 bits per heavy atom. The molecule has 1 aromatic rings. The number of aromatic nitrogens is 1. The maximum Gasteiger partial charge on any atom is 0.0572 e. The molecule has 0 bridgehead atoms. The molecule has 0 amide bonds. The van der Waals surface area contributed by atoms with Crippen LogP contribution in [0.25, 0.3) is 0 Å². The summed E-state index contributed by atoms with van der Waals surface area (Å²) in [5.74, 6) is 0. The lowest BCUT2D eigenvalue weighted by Gasteiger charge is -2.29. The third-order valence-electron chi connectivity index (χ3n) is 3.34. The average Bonchev–Trinajstić information content (AvgIpc) is 2.82. The second-order valence-corrected chi connectivity index (χ2v) is 4.24. The zero-order valence-corrected chi connectivity index (χ0v) is 9.48. The third kappa shape index (κ3) is 2.36. The van der Waals surface area contributed by atoms with Crippen LogP contribution in [0.15, 0.2) is 24.4 Å². The van der Waals surface area contributed by atoms with E-state index in [1.54, 1.807) is 0 Å². The molecule has 0 spiro atoms. The van der Waals surface area contributed by atoms with E-state index in [0.717, 1.165) is 18.8 Å². The highest BCUT2D eigenvalue weighted by molar-refractivity contribution is 5.08. The number of nitrogens with zero attached hydrogens (tertiary/aromatic N) is 2. The highest BCUT2D eigenvalue weighted by Crippen LogP contribution is 2.20. The number of hydrogen-bond acceptors (Lipinski definition) is 3. The van der Waals surface area contributed by atoms with Crippen LogP contribution in [0.1, 0.15) is 25.1 Å². The fraction of sp³-hybridized carbons (Fsp3) is 0.583. The van der Waals surface area contributed by atoms with E-state index in [0.29, 0.717) is 12.1 Å². The molecule has 3 heteroatoms. The molecule has 0 saturated carbocycles. The summed E-state index contributed by atoms with van der Waals surface area (Å²) in [6, 6.07) is 7.18. The van der Waals surface area contributed by atoms with Crippen molar-refractivity contribution in [2.24, 2.45) is 0 Å². The van der Waals surface area contributed by atoms with Gasteiger partial charge < -0.3 is 5.32 Å². The van der Waals surface area contributed by atoms with Crippen LogP contribution in [0.2, 0.25) is 0 Å². The van der Waals surface area contributed by atoms with Crippen LogP contribution in [-0.4, -0.2) is 36.1 Å². The van der Waals surface area contributed by atoms with E-state index in [1.165, 1.54) is 6.42 Å². The molecule has 2 unspecified atom stereocenters. The van der Waals surface area contributed by atoms with Crippen molar-refractivity contribution in [1.82, 2.24) is 15.2 Å². The van der Waals surface area contributed by atoms with Crippen molar-refractivity contribution in [2.75, 3.05) is 20.1 Å². The van der Waals surface area contributed by atoms with Gasteiger partial charge in [-0.1, -0.05) is 6.07 Å². The molecule has 82 valence electrons. The lowest BCUT2D eigenvalue weighted by atomic mass is 10.1. The van der Waals surface area contributed by atoms with Gasteiger partial charge in [-0.15, -0.1) is 0 Å². The maximum absolute atomic E-state index is 4.41. The average molecular weight is 205 g/mol. The third-order valence-corrected chi connectivity index (χ3v) is 3.34. The Bertz CT molecular complexity index is 293. The number of nitrogens with one attached hydrogen (secondary N) is 1. The zero-order valence-electron chi connectivity index (χ0n) is 9.48. The Balaban J connectivity index is 2.03. The topological polar surface area (TPSA) is 28.2 Å². The maximum atomic E-state index is 4.41. The van der Waals surface area contributed by atoms with E-state index in [-0.39, 0.29) is 0 Å². The monoisotopic (exact) mass is 205 g/mol. The molecule has 2 atom stereocenters. The highest BCUT2D eigenvalue weighted by Gasteiger charge is 2.24. The first kappa shape index (κ1) is 10.6. The summed E-state index contributed by atoms with van der Waals surface area (Å²) >= 11 is 0. The predicted octanol–water partition coefficient (Wildman–Crippen LogP) is 1.44. The summed E-state index contributed by atoms with van der Waals surface area (Å²) in [7, 11) is 2.19. The highest BCUT2D eigenvalue weighted by atomic mass is 15.2. The summed E-state index contributed by atoms with van der Waals surface area (Å²) in [6.45, 7) is 4.47. The molecule has 0 aromatic carbocycles. The molecule has 1 saturated heterocycles. The van der Waals surface area contributed by atoms with Crippen LogP contribution in [0, 0.1) is 0 Å². The van der Waals surface area contributed by atoms with Gasteiger partial charge in [0.1, 0.15) is 0 Å². The molecule has 1 aliphatic heterocycles. The molecule has 15 heavy (non-hydrogen) atoms. The van der Waals surface area contributed by atoms with Gasteiger partial charge >= 0.3 is 0 Å². The van der Waals surface area contributed by atoms with Crippen molar-refractivity contribution in [3.63, 3.8) is 0 Å². The first-order chi connectivity index (χ1) is 7.29. The Morgan fingerprint density at radius 3 is 3.00 bits per heavy atom. The number of rotatable bonds is 3. The molecule has 0 aliphatic carbocycles.